The van der Waals surface area contributed by atoms with Gasteiger partial charge in [-0.3, -0.25) is 4.79 Å². The van der Waals surface area contributed by atoms with Crippen molar-refractivity contribution in [3.8, 4) is 0 Å². The monoisotopic (exact) mass is 450 g/mol. The molecule has 2 heterocycles. The van der Waals surface area contributed by atoms with Crippen LogP contribution in [-0.2, 0) is 15.2 Å². The summed E-state index contributed by atoms with van der Waals surface area (Å²) in [5, 5.41) is 3.59. The van der Waals surface area contributed by atoms with Gasteiger partial charge in [0.15, 0.2) is 0 Å². The van der Waals surface area contributed by atoms with Crippen molar-refractivity contribution < 1.29 is 18.7 Å². The summed E-state index contributed by atoms with van der Waals surface area (Å²) in [7, 11) is 0. The second-order valence-electron chi connectivity index (χ2n) is 8.09. The van der Waals surface area contributed by atoms with Crippen molar-refractivity contribution in [2.75, 3.05) is 18.5 Å². The molecule has 0 bridgehead atoms. The number of primary amides is 1. The summed E-state index contributed by atoms with van der Waals surface area (Å²) in [5.41, 5.74) is 5.54. The lowest BCUT2D eigenvalue weighted by Crippen LogP contribution is -2.32. The van der Waals surface area contributed by atoms with E-state index in [9.17, 15) is 14.0 Å². The number of aromatic amines is 1. The first-order valence-electron chi connectivity index (χ1n) is 10.6. The van der Waals surface area contributed by atoms with Gasteiger partial charge >= 0.3 is 6.09 Å². The minimum absolute atomic E-state index is 0.0102. The number of amides is 1. The van der Waals surface area contributed by atoms with E-state index in [1.165, 1.54) is 18.9 Å². The maximum atomic E-state index is 14.6. The Balaban J connectivity index is 1.39. The third kappa shape index (κ3) is 5.68. The maximum Gasteiger partial charge on any atom is 0.404 e. The molecule has 2 aromatic rings. The number of fused-ring (bicyclic) bond motifs is 1. The molecule has 0 radical (unpaired) electrons. The average Bonchev–Trinajstić information content (AvgIpc) is 3.24. The van der Waals surface area contributed by atoms with Gasteiger partial charge in [0, 0.05) is 17.0 Å². The van der Waals surface area contributed by atoms with E-state index in [0.717, 1.165) is 25.7 Å². The van der Waals surface area contributed by atoms with Crippen LogP contribution in [0.25, 0.3) is 10.9 Å². The number of H-pyrrole nitrogens is 1. The molecule has 31 heavy (non-hydrogen) atoms. The Bertz CT molecular complexity index is 987. The first-order valence-corrected chi connectivity index (χ1v) is 11.7. The van der Waals surface area contributed by atoms with Crippen LogP contribution in [0.3, 0.4) is 0 Å². The summed E-state index contributed by atoms with van der Waals surface area (Å²) >= 11 is 1.63. The molecule has 4 N–H and O–H groups in total. The summed E-state index contributed by atoms with van der Waals surface area (Å²) in [6.07, 6.45) is 5.20. The molecule has 0 spiro atoms. The molecule has 4 rings (SSSR count). The second-order valence-corrected chi connectivity index (χ2v) is 9.37. The Labute approximate surface area is 183 Å². The van der Waals surface area contributed by atoms with E-state index in [4.69, 9.17) is 15.2 Å². The standard InChI is InChI=1S/C21H27FN4O4S/c22-16-7-13(24-12-3-1-2-4-12)8-17-19(16)20(27)26-18(25-17)11-31-15-6-5-14(29-10-15)9-30-21(23)28/h7-8,12,14-15,24H,1-6,9-11H2,(H2,23,28)(H,25,26,27)/t14-,15-/m1/s1. The van der Waals surface area contributed by atoms with Crippen molar-refractivity contribution in [3.05, 3.63) is 34.1 Å². The Morgan fingerprint density at radius 2 is 2.13 bits per heavy atom. The number of nitrogens with two attached hydrogens (primary N) is 1. The Hall–Kier alpha value is -2.33. The molecule has 8 nitrogen and oxygen atoms in total. The lowest BCUT2D eigenvalue weighted by molar-refractivity contribution is -0.0182. The molecule has 168 valence electrons. The predicted octanol–water partition coefficient (Wildman–Crippen LogP) is 3.29. The molecule has 1 aliphatic carbocycles. The van der Waals surface area contributed by atoms with Crippen LogP contribution in [0.15, 0.2) is 16.9 Å². The molecule has 2 atom stereocenters. The lowest BCUT2D eigenvalue weighted by Gasteiger charge is -2.28. The highest BCUT2D eigenvalue weighted by atomic mass is 32.2. The fourth-order valence-electron chi connectivity index (χ4n) is 4.15. The number of ether oxygens (including phenoxy) is 2. The van der Waals surface area contributed by atoms with Crippen LogP contribution >= 0.6 is 11.8 Å². The van der Waals surface area contributed by atoms with Gasteiger partial charge in [0.25, 0.3) is 5.56 Å². The zero-order valence-corrected chi connectivity index (χ0v) is 18.0. The smallest absolute Gasteiger partial charge is 0.404 e. The van der Waals surface area contributed by atoms with Crippen LogP contribution in [0.4, 0.5) is 14.9 Å². The number of carbonyl (C=O) groups excluding carboxylic acids is 1. The Morgan fingerprint density at radius 1 is 1.32 bits per heavy atom. The summed E-state index contributed by atoms with van der Waals surface area (Å²) in [4.78, 5) is 30.4. The molecule has 10 heteroatoms. The Morgan fingerprint density at radius 3 is 2.84 bits per heavy atom. The SMILES string of the molecule is NC(=O)OC[C@H]1CC[C@@H](SCc2nc3cc(NC4CCCC4)cc(F)c3c(=O)[nH]2)CO1. The number of benzene rings is 1. The number of nitrogens with one attached hydrogen (secondary N) is 2. The number of anilines is 1. The number of hydrogen-bond donors (Lipinski definition) is 3. The molecule has 0 unspecified atom stereocenters. The molecule has 1 aliphatic heterocycles. The van der Waals surface area contributed by atoms with Gasteiger partial charge in [-0.1, -0.05) is 12.8 Å². The summed E-state index contributed by atoms with van der Waals surface area (Å²) in [6, 6.07) is 3.48. The molecule has 1 amide bonds. The number of carbonyl (C=O) groups is 1. The quantitative estimate of drug-likeness (QED) is 0.592. The molecule has 2 aliphatic rings. The number of hydrogen-bond acceptors (Lipinski definition) is 7. The van der Waals surface area contributed by atoms with Crippen molar-refractivity contribution in [3.63, 3.8) is 0 Å². The van der Waals surface area contributed by atoms with Gasteiger partial charge in [0.2, 0.25) is 0 Å². The fraction of sp³-hybridized carbons (Fsp3) is 0.571. The molecular formula is C21H27FN4O4S. The highest BCUT2D eigenvalue weighted by Gasteiger charge is 2.23. The van der Waals surface area contributed by atoms with E-state index in [1.54, 1.807) is 17.8 Å². The number of rotatable bonds is 7. The topological polar surface area (TPSA) is 119 Å². The minimum Gasteiger partial charge on any atom is -0.447 e. The van der Waals surface area contributed by atoms with E-state index in [-0.39, 0.29) is 23.3 Å². The van der Waals surface area contributed by atoms with Crippen LogP contribution in [0, 0.1) is 5.82 Å². The summed E-state index contributed by atoms with van der Waals surface area (Å²) in [6.45, 7) is 0.675. The lowest BCUT2D eigenvalue weighted by atomic mass is 10.1. The number of nitrogens with zero attached hydrogens (tertiary/aromatic N) is 1. The van der Waals surface area contributed by atoms with Crippen LogP contribution < -0.4 is 16.6 Å². The van der Waals surface area contributed by atoms with E-state index in [0.29, 0.717) is 35.4 Å². The highest BCUT2D eigenvalue weighted by Crippen LogP contribution is 2.28. The van der Waals surface area contributed by atoms with E-state index < -0.39 is 17.5 Å². The molecule has 1 aromatic heterocycles. The van der Waals surface area contributed by atoms with Crippen LogP contribution in [0.1, 0.15) is 44.3 Å². The molecule has 2 fully saturated rings. The molecular weight excluding hydrogens is 423 g/mol. The van der Waals surface area contributed by atoms with Crippen LogP contribution in [0.2, 0.25) is 0 Å². The normalized spacial score (nSPS) is 22.0. The van der Waals surface area contributed by atoms with Crippen molar-refractivity contribution in [1.29, 1.82) is 0 Å². The van der Waals surface area contributed by atoms with Crippen LogP contribution in [-0.4, -0.2) is 46.7 Å². The van der Waals surface area contributed by atoms with Crippen molar-refractivity contribution in [1.82, 2.24) is 9.97 Å². The molecule has 1 aromatic carbocycles. The van der Waals surface area contributed by atoms with Gasteiger partial charge in [-0.2, -0.15) is 0 Å². The van der Waals surface area contributed by atoms with E-state index in [1.807, 2.05) is 0 Å². The van der Waals surface area contributed by atoms with Gasteiger partial charge in [-0.25, -0.2) is 14.2 Å². The second kappa shape index (κ2) is 9.86. The highest BCUT2D eigenvalue weighted by molar-refractivity contribution is 7.99. The third-order valence-corrected chi connectivity index (χ3v) is 7.01. The minimum atomic E-state index is -0.801. The van der Waals surface area contributed by atoms with Gasteiger partial charge < -0.3 is 25.5 Å². The van der Waals surface area contributed by atoms with Gasteiger partial charge in [-0.05, 0) is 37.8 Å². The zero-order valence-electron chi connectivity index (χ0n) is 17.2. The average molecular weight is 451 g/mol. The van der Waals surface area contributed by atoms with Gasteiger partial charge in [0.1, 0.15) is 23.6 Å². The van der Waals surface area contributed by atoms with Gasteiger partial charge in [0.05, 0.1) is 24.0 Å². The van der Waals surface area contributed by atoms with Gasteiger partial charge in [-0.15, -0.1) is 11.8 Å². The first kappa shape index (κ1) is 21.9. The van der Waals surface area contributed by atoms with Crippen molar-refractivity contribution in [2.24, 2.45) is 5.73 Å². The summed E-state index contributed by atoms with van der Waals surface area (Å²) in [5.74, 6) is 0.443. The van der Waals surface area contributed by atoms with E-state index in [2.05, 4.69) is 15.3 Å². The predicted molar refractivity (Wildman–Crippen MR) is 118 cm³/mol. The number of halogens is 1. The number of thioether (sulfide) groups is 1. The van der Waals surface area contributed by atoms with Crippen molar-refractivity contribution in [2.45, 2.75) is 61.7 Å². The summed E-state index contributed by atoms with van der Waals surface area (Å²) < 4.78 is 25.1. The van der Waals surface area contributed by atoms with Crippen molar-refractivity contribution >= 4 is 34.4 Å². The third-order valence-electron chi connectivity index (χ3n) is 5.73. The molecule has 1 saturated carbocycles. The largest absolute Gasteiger partial charge is 0.447 e. The van der Waals surface area contributed by atoms with Crippen LogP contribution in [0.5, 0.6) is 0 Å². The maximum absolute atomic E-state index is 14.6. The zero-order chi connectivity index (χ0) is 21.8. The first-order chi connectivity index (χ1) is 15.0. The Kier molecular flexibility index (Phi) is 6.96. The molecule has 1 saturated heterocycles. The van der Waals surface area contributed by atoms with E-state index >= 15 is 0 Å². The number of aromatic nitrogens is 2. The fourth-order valence-corrected chi connectivity index (χ4v) is 5.15.